The van der Waals surface area contributed by atoms with Gasteiger partial charge < -0.3 is 34.2 Å². The number of aromatic nitrogens is 1. The van der Waals surface area contributed by atoms with E-state index >= 15 is 0 Å². The Morgan fingerprint density at radius 1 is 1.12 bits per heavy atom. The Kier molecular flexibility index (Phi) is 12.5. The standard InChI is InChI=1S/C34H47N5O8S/c1-22-19-39(23(2)21-40)33(41)29-18-28(37-48(43,44)32-25(4)36-47-26(32)5)15-16-30(29)46-24(3)12-10-11-17-45-31(22)20-38(6)34(42)35-27-13-8-7-9-14-27/h7-9,13-16,18,22-24,31,37,40H,10-12,17,19-21H2,1-6H3,(H,35,42)/t22-,23+,24-,31+/m0/s1. The topological polar surface area (TPSA) is 164 Å². The van der Waals surface area contributed by atoms with Crippen LogP contribution in [0.4, 0.5) is 16.2 Å². The monoisotopic (exact) mass is 685 g/mol. The molecule has 0 radical (unpaired) electrons. The zero-order valence-corrected chi connectivity index (χ0v) is 29.2. The molecule has 3 amide bonds. The van der Waals surface area contributed by atoms with E-state index in [1.165, 1.54) is 24.8 Å². The molecule has 0 spiro atoms. The van der Waals surface area contributed by atoms with Crippen molar-refractivity contribution in [3.8, 4) is 5.75 Å². The van der Waals surface area contributed by atoms with E-state index in [9.17, 15) is 23.1 Å². The number of urea groups is 1. The summed E-state index contributed by atoms with van der Waals surface area (Å²) < 4.78 is 46.8. The van der Waals surface area contributed by atoms with Crippen LogP contribution in [0.25, 0.3) is 0 Å². The maximum Gasteiger partial charge on any atom is 0.321 e. The van der Waals surface area contributed by atoms with Crippen molar-refractivity contribution in [1.29, 1.82) is 0 Å². The van der Waals surface area contributed by atoms with Gasteiger partial charge in [0.25, 0.3) is 15.9 Å². The van der Waals surface area contributed by atoms with Crippen LogP contribution in [0, 0.1) is 19.8 Å². The Labute approximate surface area is 282 Å². The third kappa shape index (κ3) is 9.26. The highest BCUT2D eigenvalue weighted by Crippen LogP contribution is 2.30. The molecule has 2 aromatic carbocycles. The lowest BCUT2D eigenvalue weighted by molar-refractivity contribution is -0.0115. The van der Waals surface area contributed by atoms with Crippen molar-refractivity contribution in [3.63, 3.8) is 0 Å². The number of carbonyl (C=O) groups is 2. The summed E-state index contributed by atoms with van der Waals surface area (Å²) in [5, 5.41) is 16.9. The summed E-state index contributed by atoms with van der Waals surface area (Å²) >= 11 is 0. The second-order valence-electron chi connectivity index (χ2n) is 12.4. The first-order valence-corrected chi connectivity index (χ1v) is 17.7. The molecule has 14 heteroatoms. The number of rotatable bonds is 8. The fourth-order valence-corrected chi connectivity index (χ4v) is 6.99. The van der Waals surface area contributed by atoms with Gasteiger partial charge in [-0.25, -0.2) is 13.2 Å². The van der Waals surface area contributed by atoms with Gasteiger partial charge in [-0.05, 0) is 77.3 Å². The Bertz CT molecular complexity index is 1630. The number of para-hydroxylation sites is 1. The Balaban J connectivity index is 1.64. The van der Waals surface area contributed by atoms with Gasteiger partial charge in [-0.3, -0.25) is 9.52 Å². The molecule has 0 saturated heterocycles. The quantitative estimate of drug-likeness (QED) is 0.294. The van der Waals surface area contributed by atoms with Gasteiger partial charge in [0.2, 0.25) is 0 Å². The fourth-order valence-electron chi connectivity index (χ4n) is 5.61. The first kappa shape index (κ1) is 36.7. The van der Waals surface area contributed by atoms with E-state index in [1.54, 1.807) is 31.0 Å². The minimum atomic E-state index is -4.09. The molecule has 0 bridgehead atoms. The minimum Gasteiger partial charge on any atom is -0.490 e. The van der Waals surface area contributed by atoms with E-state index < -0.39 is 28.1 Å². The number of likely N-dealkylation sites (N-methyl/N-ethyl adjacent to an activating group) is 1. The van der Waals surface area contributed by atoms with Crippen LogP contribution in [0.1, 0.15) is 61.8 Å². The number of aliphatic hydroxyl groups excluding tert-OH is 1. The number of anilines is 2. The molecule has 3 aromatic rings. The van der Waals surface area contributed by atoms with Crippen LogP contribution in [0.5, 0.6) is 5.75 Å². The van der Waals surface area contributed by atoms with Gasteiger partial charge in [0.15, 0.2) is 10.7 Å². The van der Waals surface area contributed by atoms with E-state index in [4.69, 9.17) is 14.0 Å². The zero-order valence-electron chi connectivity index (χ0n) is 28.4. The summed E-state index contributed by atoms with van der Waals surface area (Å²) in [7, 11) is -2.40. The number of hydrogen-bond acceptors (Lipinski definition) is 9. The van der Waals surface area contributed by atoms with Crippen LogP contribution in [-0.4, -0.2) is 92.0 Å². The highest BCUT2D eigenvalue weighted by atomic mass is 32.2. The third-order valence-corrected chi connectivity index (χ3v) is 9.99. The third-order valence-electron chi connectivity index (χ3n) is 8.37. The van der Waals surface area contributed by atoms with Crippen molar-refractivity contribution in [3.05, 3.63) is 65.5 Å². The molecular weight excluding hydrogens is 638 g/mol. The Morgan fingerprint density at radius 3 is 2.52 bits per heavy atom. The van der Waals surface area contributed by atoms with Crippen LogP contribution in [-0.2, 0) is 14.8 Å². The van der Waals surface area contributed by atoms with Gasteiger partial charge in [0.05, 0.1) is 30.4 Å². The highest BCUT2D eigenvalue weighted by molar-refractivity contribution is 7.92. The van der Waals surface area contributed by atoms with E-state index in [-0.39, 0.29) is 65.3 Å². The molecule has 4 atom stereocenters. The van der Waals surface area contributed by atoms with Crippen LogP contribution in [0.3, 0.4) is 0 Å². The molecule has 0 fully saturated rings. The number of sulfonamides is 1. The zero-order chi connectivity index (χ0) is 35.0. The van der Waals surface area contributed by atoms with Crippen molar-refractivity contribution in [1.82, 2.24) is 15.0 Å². The van der Waals surface area contributed by atoms with Gasteiger partial charge in [0, 0.05) is 44.0 Å². The first-order valence-electron chi connectivity index (χ1n) is 16.2. The van der Waals surface area contributed by atoms with Crippen molar-refractivity contribution in [2.24, 2.45) is 5.92 Å². The fraction of sp³-hybridized carbons (Fsp3) is 0.500. The summed E-state index contributed by atoms with van der Waals surface area (Å²) in [6.45, 7) is 9.23. The van der Waals surface area contributed by atoms with Crippen molar-refractivity contribution in [2.75, 3.05) is 43.4 Å². The Hall–Kier alpha value is -4.14. The van der Waals surface area contributed by atoms with Gasteiger partial charge in [-0.15, -0.1) is 0 Å². The second kappa shape index (κ2) is 16.3. The summed E-state index contributed by atoms with van der Waals surface area (Å²) in [4.78, 5) is 30.4. The van der Waals surface area contributed by atoms with Gasteiger partial charge in [-0.1, -0.05) is 30.3 Å². The predicted molar refractivity (Wildman–Crippen MR) is 182 cm³/mol. The normalized spacial score (nSPS) is 20.2. The van der Waals surface area contributed by atoms with Crippen molar-refractivity contribution in [2.45, 2.75) is 77.0 Å². The lowest BCUT2D eigenvalue weighted by Crippen LogP contribution is -2.48. The number of aryl methyl sites for hydroxylation is 2. The number of carbonyl (C=O) groups excluding carboxylic acids is 2. The average molecular weight is 686 g/mol. The summed E-state index contributed by atoms with van der Waals surface area (Å²) in [5.74, 6) is -0.265. The molecule has 13 nitrogen and oxygen atoms in total. The highest BCUT2D eigenvalue weighted by Gasteiger charge is 2.32. The maximum atomic E-state index is 14.4. The first-order chi connectivity index (χ1) is 22.8. The molecule has 3 N–H and O–H groups in total. The number of ether oxygens (including phenoxy) is 2. The van der Waals surface area contributed by atoms with Crippen molar-refractivity contribution >= 4 is 33.3 Å². The van der Waals surface area contributed by atoms with E-state index in [0.29, 0.717) is 24.5 Å². The number of fused-ring (bicyclic) bond motifs is 1. The molecular formula is C34H47N5O8S. The smallest absolute Gasteiger partial charge is 0.321 e. The predicted octanol–water partition coefficient (Wildman–Crippen LogP) is 5.05. The lowest BCUT2D eigenvalue weighted by atomic mass is 10.0. The van der Waals surface area contributed by atoms with Crippen LogP contribution < -0.4 is 14.8 Å². The number of hydrogen-bond donors (Lipinski definition) is 3. The van der Waals surface area contributed by atoms with Crippen LogP contribution in [0.15, 0.2) is 57.9 Å². The molecule has 4 rings (SSSR count). The largest absolute Gasteiger partial charge is 0.490 e. The molecule has 1 aromatic heterocycles. The Morgan fingerprint density at radius 2 is 1.85 bits per heavy atom. The summed E-state index contributed by atoms with van der Waals surface area (Å²) in [6, 6.07) is 12.8. The van der Waals surface area contributed by atoms with Crippen LogP contribution >= 0.6 is 0 Å². The lowest BCUT2D eigenvalue weighted by Gasteiger charge is -2.35. The number of nitrogens with zero attached hydrogens (tertiary/aromatic N) is 3. The van der Waals surface area contributed by atoms with E-state index in [0.717, 1.165) is 12.8 Å². The second-order valence-corrected chi connectivity index (χ2v) is 14.1. The molecule has 1 aliphatic rings. The molecule has 0 aliphatic carbocycles. The number of aliphatic hydroxyl groups is 1. The van der Waals surface area contributed by atoms with E-state index in [2.05, 4.69) is 15.2 Å². The molecule has 0 saturated carbocycles. The van der Waals surface area contributed by atoms with Gasteiger partial charge >= 0.3 is 6.03 Å². The minimum absolute atomic E-state index is 0.0726. The molecule has 262 valence electrons. The van der Waals surface area contributed by atoms with Crippen LogP contribution in [0.2, 0.25) is 0 Å². The molecule has 48 heavy (non-hydrogen) atoms. The van der Waals surface area contributed by atoms with Gasteiger partial charge in [-0.2, -0.15) is 0 Å². The summed E-state index contributed by atoms with van der Waals surface area (Å²) in [5.41, 5.74) is 1.17. The summed E-state index contributed by atoms with van der Waals surface area (Å²) in [6.07, 6.45) is 1.58. The number of nitrogens with one attached hydrogen (secondary N) is 2. The van der Waals surface area contributed by atoms with E-state index in [1.807, 2.05) is 44.2 Å². The molecule has 0 unspecified atom stereocenters. The average Bonchev–Trinajstić information content (AvgIpc) is 3.40. The SMILES string of the molecule is Cc1noc(C)c1S(=O)(=O)Nc1ccc2c(c1)C(=O)N([C@H](C)CO)C[C@H](C)[C@@H](CN(C)C(=O)Nc1ccccc1)OCCCC[C@H](C)O2. The van der Waals surface area contributed by atoms with Crippen molar-refractivity contribution < 1.29 is 37.1 Å². The van der Waals surface area contributed by atoms with Gasteiger partial charge in [0.1, 0.15) is 11.4 Å². The maximum absolute atomic E-state index is 14.4. The number of benzene rings is 2. The molecule has 1 aliphatic heterocycles. The molecule has 2 heterocycles. The number of amides is 3.